The van der Waals surface area contributed by atoms with E-state index in [9.17, 15) is 0 Å². The minimum atomic E-state index is 0.554. The second-order valence-corrected chi connectivity index (χ2v) is 8.53. The Labute approximate surface area is 148 Å². The number of likely N-dealkylation sites (tertiary alicyclic amines) is 2. The zero-order chi connectivity index (χ0) is 16.4. The Morgan fingerprint density at radius 1 is 1.00 bits per heavy atom. The fourth-order valence-electron chi connectivity index (χ4n) is 4.21. The van der Waals surface area contributed by atoms with Crippen molar-refractivity contribution in [2.45, 2.75) is 32.4 Å². The van der Waals surface area contributed by atoms with E-state index in [4.69, 9.17) is 5.73 Å². The van der Waals surface area contributed by atoms with Crippen LogP contribution in [-0.2, 0) is 13.1 Å². The van der Waals surface area contributed by atoms with Crippen LogP contribution < -0.4 is 5.73 Å². The third kappa shape index (κ3) is 3.63. The van der Waals surface area contributed by atoms with Crippen molar-refractivity contribution in [3.05, 3.63) is 47.0 Å². The Kier molecular flexibility index (Phi) is 4.57. The maximum absolute atomic E-state index is 5.74. The van der Waals surface area contributed by atoms with Crippen LogP contribution in [0.5, 0.6) is 0 Å². The first kappa shape index (κ1) is 16.1. The van der Waals surface area contributed by atoms with E-state index in [0.717, 1.165) is 13.1 Å². The minimum Gasteiger partial charge on any atom is -0.375 e. The van der Waals surface area contributed by atoms with E-state index in [0.29, 0.717) is 10.5 Å². The molecule has 0 bridgehead atoms. The molecule has 5 heteroatoms. The van der Waals surface area contributed by atoms with Gasteiger partial charge in [0.25, 0.3) is 0 Å². The number of hydrogen-bond acceptors (Lipinski definition) is 5. The van der Waals surface area contributed by atoms with Gasteiger partial charge in [-0.2, -0.15) is 0 Å². The minimum absolute atomic E-state index is 0.554. The molecule has 2 aliphatic heterocycles. The molecule has 1 spiro atoms. The molecule has 2 N–H and O–H groups in total. The lowest BCUT2D eigenvalue weighted by molar-refractivity contribution is 0.103. The zero-order valence-corrected chi connectivity index (χ0v) is 15.0. The largest absolute Gasteiger partial charge is 0.375 e. The fraction of sp³-hybridized carbons (Fsp3) is 0.526. The van der Waals surface area contributed by atoms with Gasteiger partial charge in [-0.3, -0.25) is 9.80 Å². The molecule has 1 aromatic carbocycles. The van der Waals surface area contributed by atoms with Gasteiger partial charge in [0.2, 0.25) is 0 Å². The molecule has 0 amide bonds. The van der Waals surface area contributed by atoms with Gasteiger partial charge in [-0.25, -0.2) is 4.98 Å². The Hall–Kier alpha value is -1.43. The van der Waals surface area contributed by atoms with Crippen molar-refractivity contribution in [2.75, 3.05) is 31.9 Å². The molecule has 4 rings (SSSR count). The molecular weight excluding hydrogens is 316 g/mol. The van der Waals surface area contributed by atoms with Crippen molar-refractivity contribution in [3.63, 3.8) is 0 Å². The number of hydrogen-bond donors (Lipinski definition) is 1. The van der Waals surface area contributed by atoms with Gasteiger partial charge >= 0.3 is 0 Å². The van der Waals surface area contributed by atoms with E-state index >= 15 is 0 Å². The summed E-state index contributed by atoms with van der Waals surface area (Å²) < 4.78 is 0. The summed E-state index contributed by atoms with van der Waals surface area (Å²) in [7, 11) is 0. The van der Waals surface area contributed by atoms with Crippen molar-refractivity contribution in [2.24, 2.45) is 5.41 Å². The number of thiazole rings is 1. The number of nitrogen functional groups attached to an aromatic ring is 1. The van der Waals surface area contributed by atoms with Gasteiger partial charge in [-0.15, -0.1) is 11.3 Å². The lowest BCUT2D eigenvalue weighted by atomic mass is 9.78. The highest BCUT2D eigenvalue weighted by molar-refractivity contribution is 7.15. The SMILES string of the molecule is Nc1ncc(CN2CCC3(CC2)CCN(Cc2ccccc2)C3)s1. The molecule has 2 aliphatic rings. The second kappa shape index (κ2) is 6.82. The molecule has 0 aliphatic carbocycles. The summed E-state index contributed by atoms with van der Waals surface area (Å²) in [5.41, 5.74) is 7.73. The first-order chi connectivity index (χ1) is 11.7. The monoisotopic (exact) mass is 342 g/mol. The number of aromatic nitrogens is 1. The van der Waals surface area contributed by atoms with Gasteiger partial charge in [-0.1, -0.05) is 30.3 Å². The molecule has 24 heavy (non-hydrogen) atoms. The second-order valence-electron chi connectivity index (χ2n) is 7.39. The molecular formula is C19H26N4S. The molecule has 2 fully saturated rings. The van der Waals surface area contributed by atoms with Crippen molar-refractivity contribution in [1.29, 1.82) is 0 Å². The van der Waals surface area contributed by atoms with Crippen molar-refractivity contribution >= 4 is 16.5 Å². The highest BCUT2D eigenvalue weighted by Crippen LogP contribution is 2.41. The van der Waals surface area contributed by atoms with Crippen LogP contribution in [0.1, 0.15) is 29.7 Å². The van der Waals surface area contributed by atoms with Gasteiger partial charge in [0.05, 0.1) is 0 Å². The smallest absolute Gasteiger partial charge is 0.180 e. The van der Waals surface area contributed by atoms with Crippen LogP contribution in [0, 0.1) is 5.41 Å². The Morgan fingerprint density at radius 2 is 1.71 bits per heavy atom. The average Bonchev–Trinajstić information content (AvgIpc) is 3.18. The molecule has 1 aromatic heterocycles. The summed E-state index contributed by atoms with van der Waals surface area (Å²) in [4.78, 5) is 10.7. The van der Waals surface area contributed by atoms with Crippen molar-refractivity contribution in [3.8, 4) is 0 Å². The zero-order valence-electron chi connectivity index (χ0n) is 14.2. The highest BCUT2D eigenvalue weighted by atomic mass is 32.1. The van der Waals surface area contributed by atoms with Gasteiger partial charge in [0.15, 0.2) is 5.13 Å². The predicted molar refractivity (Wildman–Crippen MR) is 99.8 cm³/mol. The van der Waals surface area contributed by atoms with E-state index < -0.39 is 0 Å². The lowest BCUT2D eigenvalue weighted by Gasteiger charge is -2.39. The average molecular weight is 343 g/mol. The molecule has 0 atom stereocenters. The Bertz CT molecular complexity index is 661. The maximum atomic E-state index is 5.74. The van der Waals surface area contributed by atoms with Gasteiger partial charge in [-0.05, 0) is 49.9 Å². The van der Waals surface area contributed by atoms with Crippen LogP contribution in [0.2, 0.25) is 0 Å². The standard InChI is InChI=1S/C19H26N4S/c20-18-21-12-17(24-18)14-22-9-6-19(7-10-22)8-11-23(15-19)13-16-4-2-1-3-5-16/h1-5,12H,6-11,13-15H2,(H2,20,21). The van der Waals surface area contributed by atoms with Crippen LogP contribution in [0.25, 0.3) is 0 Å². The number of piperidine rings is 1. The summed E-state index contributed by atoms with van der Waals surface area (Å²) in [6.07, 6.45) is 5.95. The summed E-state index contributed by atoms with van der Waals surface area (Å²) in [5.74, 6) is 0. The molecule has 3 heterocycles. The third-order valence-electron chi connectivity index (χ3n) is 5.63. The molecule has 128 valence electrons. The molecule has 0 saturated carbocycles. The third-order valence-corrected chi connectivity index (χ3v) is 6.45. The van der Waals surface area contributed by atoms with Gasteiger partial charge < -0.3 is 5.73 Å². The number of nitrogens with two attached hydrogens (primary N) is 1. The number of benzene rings is 1. The van der Waals surface area contributed by atoms with E-state index in [1.54, 1.807) is 11.3 Å². The summed E-state index contributed by atoms with van der Waals surface area (Å²) in [6.45, 7) is 7.04. The van der Waals surface area contributed by atoms with E-state index in [1.807, 2.05) is 6.20 Å². The van der Waals surface area contributed by atoms with Gasteiger partial charge in [0, 0.05) is 30.7 Å². The molecule has 2 aromatic rings. The summed E-state index contributed by atoms with van der Waals surface area (Å²) in [5, 5.41) is 0.686. The van der Waals surface area contributed by atoms with E-state index in [2.05, 4.69) is 45.1 Å². The maximum Gasteiger partial charge on any atom is 0.180 e. The topological polar surface area (TPSA) is 45.4 Å². The lowest BCUT2D eigenvalue weighted by Crippen LogP contribution is -2.41. The summed E-state index contributed by atoms with van der Waals surface area (Å²) in [6, 6.07) is 10.9. The van der Waals surface area contributed by atoms with Crippen LogP contribution in [0.15, 0.2) is 36.5 Å². The van der Waals surface area contributed by atoms with Gasteiger partial charge in [0.1, 0.15) is 0 Å². The molecule has 0 unspecified atom stereocenters. The first-order valence-electron chi connectivity index (χ1n) is 8.90. The Balaban J connectivity index is 1.29. The van der Waals surface area contributed by atoms with Crippen LogP contribution in [-0.4, -0.2) is 41.0 Å². The van der Waals surface area contributed by atoms with E-state index in [-0.39, 0.29) is 0 Å². The van der Waals surface area contributed by atoms with Crippen LogP contribution >= 0.6 is 11.3 Å². The predicted octanol–water partition coefficient (Wildman–Crippen LogP) is 3.21. The van der Waals surface area contributed by atoms with Crippen LogP contribution in [0.3, 0.4) is 0 Å². The first-order valence-corrected chi connectivity index (χ1v) is 9.71. The molecule has 2 saturated heterocycles. The van der Waals surface area contributed by atoms with Crippen LogP contribution in [0.4, 0.5) is 5.13 Å². The quantitative estimate of drug-likeness (QED) is 0.927. The number of nitrogens with zero attached hydrogens (tertiary/aromatic N) is 3. The van der Waals surface area contributed by atoms with Crippen molar-refractivity contribution in [1.82, 2.24) is 14.8 Å². The highest BCUT2D eigenvalue weighted by Gasteiger charge is 2.40. The van der Waals surface area contributed by atoms with Crippen molar-refractivity contribution < 1.29 is 0 Å². The number of anilines is 1. The normalized spacial score (nSPS) is 21.5. The summed E-state index contributed by atoms with van der Waals surface area (Å²) >= 11 is 1.62. The fourth-order valence-corrected chi connectivity index (χ4v) is 4.94. The van der Waals surface area contributed by atoms with E-state index in [1.165, 1.54) is 55.9 Å². The molecule has 0 radical (unpaired) electrons. The Morgan fingerprint density at radius 3 is 2.38 bits per heavy atom. The molecule has 4 nitrogen and oxygen atoms in total. The number of rotatable bonds is 4.